The molecule has 1 saturated heterocycles. The number of anilines is 2. The summed E-state index contributed by atoms with van der Waals surface area (Å²) in [7, 11) is 0. The number of fused-ring (bicyclic) bond motifs is 1. The van der Waals surface area contributed by atoms with E-state index in [1.165, 1.54) is 17.4 Å². The molecule has 10 heteroatoms. The number of halogens is 1. The van der Waals surface area contributed by atoms with Crippen LogP contribution >= 0.6 is 22.9 Å². The molecule has 8 nitrogen and oxygen atoms in total. The Labute approximate surface area is 175 Å². The Morgan fingerprint density at radius 3 is 2.79 bits per heavy atom. The number of aromatic nitrogens is 1. The lowest BCUT2D eigenvalue weighted by Crippen LogP contribution is -2.36. The summed E-state index contributed by atoms with van der Waals surface area (Å²) in [5.41, 5.74) is 2.26. The van der Waals surface area contributed by atoms with Gasteiger partial charge in [-0.25, -0.2) is 4.98 Å². The molecule has 3 aromatic rings. The van der Waals surface area contributed by atoms with Crippen LogP contribution in [0.4, 0.5) is 16.5 Å². The summed E-state index contributed by atoms with van der Waals surface area (Å²) >= 11 is 7.38. The van der Waals surface area contributed by atoms with Gasteiger partial charge in [-0.05, 0) is 36.8 Å². The molecule has 0 spiro atoms. The smallest absolute Gasteiger partial charge is 0.293 e. The monoisotopic (exact) mass is 432 g/mol. The number of nitro benzene ring substituents is 1. The number of nitrogens with zero attached hydrogens (tertiary/aromatic N) is 3. The molecule has 1 N–H and O–H groups in total. The molecule has 0 unspecified atom stereocenters. The van der Waals surface area contributed by atoms with Gasteiger partial charge in [0, 0.05) is 29.7 Å². The van der Waals surface area contributed by atoms with Crippen molar-refractivity contribution >= 4 is 55.6 Å². The molecular formula is C19H17ClN4O4S. The highest BCUT2D eigenvalue weighted by Gasteiger charge is 2.23. The van der Waals surface area contributed by atoms with E-state index in [1.807, 2.05) is 17.9 Å². The highest BCUT2D eigenvalue weighted by atomic mass is 35.5. The second-order valence-electron chi connectivity index (χ2n) is 6.60. The number of hydrogen-bond donors (Lipinski definition) is 1. The molecule has 2 heterocycles. The topological polar surface area (TPSA) is 97.6 Å². The Hall–Kier alpha value is -2.75. The van der Waals surface area contributed by atoms with Crippen molar-refractivity contribution in [3.63, 3.8) is 0 Å². The fraction of sp³-hybridized carbons (Fsp3) is 0.263. The summed E-state index contributed by atoms with van der Waals surface area (Å²) in [6.45, 7) is 4.06. The Balaban J connectivity index is 1.61. The van der Waals surface area contributed by atoms with Crippen LogP contribution in [-0.4, -0.2) is 42.1 Å². The van der Waals surface area contributed by atoms with Crippen molar-refractivity contribution in [2.45, 2.75) is 6.92 Å². The number of aryl methyl sites for hydroxylation is 1. The van der Waals surface area contributed by atoms with Gasteiger partial charge in [0.25, 0.3) is 11.6 Å². The van der Waals surface area contributed by atoms with Crippen LogP contribution in [-0.2, 0) is 4.74 Å². The normalized spacial score (nSPS) is 14.2. The zero-order valence-electron chi connectivity index (χ0n) is 15.5. The Kier molecular flexibility index (Phi) is 5.35. The number of nitro groups is 1. The van der Waals surface area contributed by atoms with Crippen molar-refractivity contribution < 1.29 is 14.5 Å². The number of carbonyl (C=O) groups is 1. The van der Waals surface area contributed by atoms with Crippen LogP contribution in [0.5, 0.6) is 0 Å². The first-order valence-electron chi connectivity index (χ1n) is 8.91. The second-order valence-corrected chi connectivity index (χ2v) is 8.07. The molecule has 1 aliphatic heterocycles. The van der Waals surface area contributed by atoms with Crippen LogP contribution in [0.25, 0.3) is 10.2 Å². The van der Waals surface area contributed by atoms with E-state index < -0.39 is 10.8 Å². The van der Waals surface area contributed by atoms with Gasteiger partial charge >= 0.3 is 0 Å². The second kappa shape index (κ2) is 7.94. The minimum atomic E-state index is -0.468. The van der Waals surface area contributed by atoms with E-state index in [-0.39, 0.29) is 11.3 Å². The number of nitrogens with one attached hydrogen (secondary N) is 1. The van der Waals surface area contributed by atoms with Crippen molar-refractivity contribution in [2.75, 3.05) is 36.5 Å². The number of rotatable bonds is 4. The summed E-state index contributed by atoms with van der Waals surface area (Å²) < 4.78 is 6.16. The number of benzene rings is 2. The molecule has 0 saturated carbocycles. The maximum atomic E-state index is 12.7. The van der Waals surface area contributed by atoms with Gasteiger partial charge in [-0.3, -0.25) is 20.2 Å². The lowest BCUT2D eigenvalue weighted by atomic mass is 10.1. The predicted molar refractivity (Wildman–Crippen MR) is 113 cm³/mol. The third-order valence-electron chi connectivity index (χ3n) is 4.66. The largest absolute Gasteiger partial charge is 0.378 e. The van der Waals surface area contributed by atoms with Gasteiger partial charge in [0.15, 0.2) is 5.13 Å². The molecule has 1 fully saturated rings. The van der Waals surface area contributed by atoms with Crippen molar-refractivity contribution in [3.8, 4) is 0 Å². The van der Waals surface area contributed by atoms with Crippen LogP contribution in [0.1, 0.15) is 15.9 Å². The first-order chi connectivity index (χ1) is 13.9. The highest BCUT2D eigenvalue weighted by molar-refractivity contribution is 7.22. The summed E-state index contributed by atoms with van der Waals surface area (Å²) in [5.74, 6) is -0.454. The maximum Gasteiger partial charge on any atom is 0.293 e. The SMILES string of the molecule is Cc1cc(Cl)cc2sc(NC(=O)c3ccc(N4CCOCC4)c([N+](=O)[O-])c3)nc12. The van der Waals surface area contributed by atoms with E-state index in [0.29, 0.717) is 42.1 Å². The number of amides is 1. The van der Waals surface area contributed by atoms with Crippen LogP contribution in [0.15, 0.2) is 30.3 Å². The van der Waals surface area contributed by atoms with Gasteiger partial charge in [0.05, 0.1) is 28.4 Å². The van der Waals surface area contributed by atoms with Gasteiger partial charge < -0.3 is 9.64 Å². The van der Waals surface area contributed by atoms with E-state index in [1.54, 1.807) is 18.2 Å². The minimum Gasteiger partial charge on any atom is -0.378 e. The Morgan fingerprint density at radius 2 is 2.07 bits per heavy atom. The van der Waals surface area contributed by atoms with E-state index in [9.17, 15) is 14.9 Å². The van der Waals surface area contributed by atoms with Crippen LogP contribution in [0.2, 0.25) is 5.02 Å². The van der Waals surface area contributed by atoms with Gasteiger partial charge in [-0.1, -0.05) is 22.9 Å². The number of thiazole rings is 1. The summed E-state index contributed by atoms with van der Waals surface area (Å²) in [4.78, 5) is 30.1. The van der Waals surface area contributed by atoms with Crippen molar-refractivity contribution in [2.24, 2.45) is 0 Å². The molecule has 0 radical (unpaired) electrons. The van der Waals surface area contributed by atoms with Crippen LogP contribution in [0.3, 0.4) is 0 Å². The lowest BCUT2D eigenvalue weighted by Gasteiger charge is -2.28. The molecule has 2 aromatic carbocycles. The van der Waals surface area contributed by atoms with Gasteiger partial charge in [-0.15, -0.1) is 0 Å². The molecule has 0 aliphatic carbocycles. The minimum absolute atomic E-state index is 0.105. The Bertz CT molecular complexity index is 1110. The zero-order valence-corrected chi connectivity index (χ0v) is 17.0. The number of morpholine rings is 1. The van der Waals surface area contributed by atoms with Crippen LogP contribution in [0, 0.1) is 17.0 Å². The molecule has 1 aliphatic rings. The van der Waals surface area contributed by atoms with E-state index >= 15 is 0 Å². The number of hydrogen-bond acceptors (Lipinski definition) is 7. The summed E-state index contributed by atoms with van der Waals surface area (Å²) in [5, 5.41) is 15.3. The molecule has 1 aromatic heterocycles. The third-order valence-corrected chi connectivity index (χ3v) is 5.79. The van der Waals surface area contributed by atoms with Gasteiger partial charge in [0.1, 0.15) is 5.69 Å². The van der Waals surface area contributed by atoms with Crippen molar-refractivity contribution in [3.05, 3.63) is 56.6 Å². The maximum absolute atomic E-state index is 12.7. The van der Waals surface area contributed by atoms with Gasteiger partial charge in [-0.2, -0.15) is 0 Å². The molecule has 1 amide bonds. The molecule has 150 valence electrons. The molecule has 0 atom stereocenters. The molecule has 0 bridgehead atoms. The summed E-state index contributed by atoms with van der Waals surface area (Å²) in [6.07, 6.45) is 0. The third kappa shape index (κ3) is 4.02. The fourth-order valence-corrected chi connectivity index (χ4v) is 4.58. The highest BCUT2D eigenvalue weighted by Crippen LogP contribution is 2.33. The Morgan fingerprint density at radius 1 is 1.31 bits per heavy atom. The average Bonchev–Trinajstić information content (AvgIpc) is 3.10. The molecule has 4 rings (SSSR count). The first-order valence-corrected chi connectivity index (χ1v) is 10.1. The molecule has 29 heavy (non-hydrogen) atoms. The average molecular weight is 433 g/mol. The lowest BCUT2D eigenvalue weighted by molar-refractivity contribution is -0.384. The fourth-order valence-electron chi connectivity index (χ4n) is 3.26. The zero-order chi connectivity index (χ0) is 20.5. The van der Waals surface area contributed by atoms with E-state index in [2.05, 4.69) is 10.3 Å². The standard InChI is InChI=1S/C19H17ClN4O4S/c1-11-8-13(20)10-16-17(11)21-19(29-16)22-18(25)12-2-3-14(15(9-12)24(26)27)23-4-6-28-7-5-23/h2-3,8-10H,4-7H2,1H3,(H,21,22,25). The van der Waals surface area contributed by atoms with Gasteiger partial charge in [0.2, 0.25) is 0 Å². The molecular weight excluding hydrogens is 416 g/mol. The quantitative estimate of drug-likeness (QED) is 0.488. The number of carbonyl (C=O) groups excluding carboxylic acids is 1. The van der Waals surface area contributed by atoms with Crippen molar-refractivity contribution in [1.29, 1.82) is 0 Å². The summed E-state index contributed by atoms with van der Waals surface area (Å²) in [6, 6.07) is 8.10. The van der Waals surface area contributed by atoms with Crippen LogP contribution < -0.4 is 10.2 Å². The van der Waals surface area contributed by atoms with E-state index in [0.717, 1.165) is 15.8 Å². The number of ether oxygens (including phenoxy) is 1. The predicted octanol–water partition coefficient (Wildman–Crippen LogP) is 4.26. The first kappa shape index (κ1) is 19.6. The van der Waals surface area contributed by atoms with Crippen molar-refractivity contribution in [1.82, 2.24) is 4.98 Å². The van der Waals surface area contributed by atoms with E-state index in [4.69, 9.17) is 16.3 Å².